The third-order valence-corrected chi connectivity index (χ3v) is 5.40. The molecule has 0 bridgehead atoms. The highest BCUT2D eigenvalue weighted by Crippen LogP contribution is 2.38. The first kappa shape index (κ1) is 18.7. The second-order valence-corrected chi connectivity index (χ2v) is 7.14. The van der Waals surface area contributed by atoms with E-state index in [0.29, 0.717) is 10.6 Å². The van der Waals surface area contributed by atoms with Gasteiger partial charge in [0.25, 0.3) is 11.6 Å². The van der Waals surface area contributed by atoms with Gasteiger partial charge in [0.05, 0.1) is 11.5 Å². The number of nitro benzene ring substituents is 1. The lowest BCUT2D eigenvalue weighted by atomic mass is 10.1. The minimum atomic E-state index is -0.569. The van der Waals surface area contributed by atoms with Gasteiger partial charge in [-0.25, -0.2) is 4.79 Å². The van der Waals surface area contributed by atoms with Crippen LogP contribution < -0.4 is 5.32 Å². The first-order valence-electron chi connectivity index (χ1n) is 7.89. The summed E-state index contributed by atoms with van der Waals surface area (Å²) >= 11 is 2.67. The summed E-state index contributed by atoms with van der Waals surface area (Å²) in [6.45, 7) is 1.91. The van der Waals surface area contributed by atoms with Crippen LogP contribution >= 0.6 is 22.7 Å². The van der Waals surface area contributed by atoms with Crippen LogP contribution in [-0.2, 0) is 4.74 Å². The van der Waals surface area contributed by atoms with Crippen molar-refractivity contribution in [3.63, 3.8) is 0 Å². The van der Waals surface area contributed by atoms with Crippen molar-refractivity contribution in [1.29, 1.82) is 0 Å². The fourth-order valence-electron chi connectivity index (χ4n) is 2.40. The average Bonchev–Trinajstić information content (AvgIpc) is 3.31. The summed E-state index contributed by atoms with van der Waals surface area (Å²) in [6.07, 6.45) is 0. The number of nitrogens with zero attached hydrogens (tertiary/aromatic N) is 1. The summed E-state index contributed by atoms with van der Waals surface area (Å²) < 4.78 is 5.14. The average molecular weight is 402 g/mol. The summed E-state index contributed by atoms with van der Waals surface area (Å²) in [6, 6.07) is 9.15. The molecular weight excluding hydrogens is 388 g/mol. The number of amides is 1. The zero-order valence-electron chi connectivity index (χ0n) is 14.1. The van der Waals surface area contributed by atoms with Crippen LogP contribution in [-0.4, -0.2) is 23.4 Å². The van der Waals surface area contributed by atoms with Gasteiger partial charge in [-0.05, 0) is 24.4 Å². The quantitative estimate of drug-likeness (QED) is 0.362. The van der Waals surface area contributed by atoms with Crippen LogP contribution in [0.2, 0.25) is 0 Å². The van der Waals surface area contributed by atoms with Crippen molar-refractivity contribution >= 4 is 45.2 Å². The molecule has 0 saturated heterocycles. The van der Waals surface area contributed by atoms with Gasteiger partial charge in [0, 0.05) is 33.5 Å². The molecule has 2 aromatic heterocycles. The van der Waals surface area contributed by atoms with Crippen molar-refractivity contribution in [3.05, 3.63) is 68.4 Å². The molecule has 0 spiro atoms. The Morgan fingerprint density at radius 2 is 2.04 bits per heavy atom. The lowest BCUT2D eigenvalue weighted by Gasteiger charge is -2.08. The Labute approximate surface area is 162 Å². The number of hydrogen-bond donors (Lipinski definition) is 1. The Bertz CT molecular complexity index is 995. The zero-order valence-corrected chi connectivity index (χ0v) is 15.8. The van der Waals surface area contributed by atoms with E-state index in [4.69, 9.17) is 4.74 Å². The normalized spacial score (nSPS) is 10.4. The number of thiophene rings is 2. The molecule has 0 atom stereocenters. The number of esters is 1. The molecule has 1 N–H and O–H groups in total. The summed E-state index contributed by atoms with van der Waals surface area (Å²) in [5, 5.41) is 17.6. The number of hydrogen-bond acceptors (Lipinski definition) is 7. The maximum Gasteiger partial charge on any atom is 0.341 e. The van der Waals surface area contributed by atoms with Gasteiger partial charge in [0.2, 0.25) is 0 Å². The Morgan fingerprint density at radius 1 is 1.22 bits per heavy atom. The lowest BCUT2D eigenvalue weighted by molar-refractivity contribution is -0.384. The van der Waals surface area contributed by atoms with Gasteiger partial charge in [-0.3, -0.25) is 14.9 Å². The van der Waals surface area contributed by atoms with Crippen LogP contribution in [0.4, 0.5) is 10.7 Å². The molecular formula is C18H14N2O5S2. The second kappa shape index (κ2) is 8.11. The van der Waals surface area contributed by atoms with E-state index in [1.165, 1.54) is 46.9 Å². The van der Waals surface area contributed by atoms with E-state index in [-0.39, 0.29) is 23.4 Å². The second-order valence-electron chi connectivity index (χ2n) is 5.31. The largest absolute Gasteiger partial charge is 0.462 e. The molecule has 1 aromatic carbocycles. The number of nitro groups is 1. The van der Waals surface area contributed by atoms with Crippen LogP contribution in [0, 0.1) is 10.1 Å². The Morgan fingerprint density at radius 3 is 2.70 bits per heavy atom. The topological polar surface area (TPSA) is 98.5 Å². The molecule has 9 heteroatoms. The minimum Gasteiger partial charge on any atom is -0.462 e. The molecule has 2 heterocycles. The van der Waals surface area contributed by atoms with Gasteiger partial charge in [-0.15, -0.1) is 22.7 Å². The van der Waals surface area contributed by atoms with E-state index in [1.807, 2.05) is 17.5 Å². The number of benzene rings is 1. The number of carbonyl (C=O) groups is 2. The maximum absolute atomic E-state index is 12.5. The van der Waals surface area contributed by atoms with Crippen LogP contribution in [0.15, 0.2) is 47.2 Å². The summed E-state index contributed by atoms with van der Waals surface area (Å²) in [7, 11) is 0. The SMILES string of the molecule is CCOC(=O)c1c(-c2cccs2)csc1NC(=O)c1cccc([N+](=O)[O-])c1. The predicted octanol–water partition coefficient (Wildman–Crippen LogP) is 4.81. The van der Waals surface area contributed by atoms with Crippen molar-refractivity contribution < 1.29 is 19.2 Å². The van der Waals surface area contributed by atoms with Crippen LogP contribution in [0.3, 0.4) is 0 Å². The van der Waals surface area contributed by atoms with Gasteiger partial charge >= 0.3 is 5.97 Å². The van der Waals surface area contributed by atoms with E-state index in [0.717, 1.165) is 4.88 Å². The van der Waals surface area contributed by atoms with Crippen LogP contribution in [0.25, 0.3) is 10.4 Å². The van der Waals surface area contributed by atoms with Gasteiger partial charge < -0.3 is 10.1 Å². The summed E-state index contributed by atoms with van der Waals surface area (Å²) in [4.78, 5) is 36.2. The summed E-state index contributed by atoms with van der Waals surface area (Å²) in [5.74, 6) is -1.07. The standard InChI is InChI=1S/C18H14N2O5S2/c1-2-25-18(22)15-13(14-7-4-8-26-14)10-27-17(15)19-16(21)11-5-3-6-12(9-11)20(23)24/h3-10H,2H2,1H3,(H,19,21). The number of carbonyl (C=O) groups excluding carboxylic acids is 2. The van der Waals surface area contributed by atoms with Crippen molar-refractivity contribution in [2.45, 2.75) is 6.92 Å². The van der Waals surface area contributed by atoms with Gasteiger partial charge in [-0.1, -0.05) is 12.1 Å². The number of ether oxygens (including phenoxy) is 1. The van der Waals surface area contributed by atoms with Crippen molar-refractivity contribution in [1.82, 2.24) is 0 Å². The minimum absolute atomic E-state index is 0.130. The zero-order chi connectivity index (χ0) is 19.4. The first-order valence-corrected chi connectivity index (χ1v) is 9.65. The molecule has 0 radical (unpaired) electrons. The highest BCUT2D eigenvalue weighted by molar-refractivity contribution is 7.17. The predicted molar refractivity (Wildman–Crippen MR) is 105 cm³/mol. The number of rotatable bonds is 6. The van der Waals surface area contributed by atoms with E-state index < -0.39 is 16.8 Å². The third kappa shape index (κ3) is 4.04. The monoisotopic (exact) mass is 402 g/mol. The molecule has 0 aliphatic carbocycles. The van der Waals surface area contributed by atoms with E-state index >= 15 is 0 Å². The molecule has 0 saturated carbocycles. The van der Waals surface area contributed by atoms with Crippen molar-refractivity contribution in [2.75, 3.05) is 11.9 Å². The molecule has 3 rings (SSSR count). The molecule has 27 heavy (non-hydrogen) atoms. The number of non-ortho nitro benzene ring substituents is 1. The maximum atomic E-state index is 12.5. The number of nitrogens with one attached hydrogen (secondary N) is 1. The molecule has 0 aliphatic rings. The Balaban J connectivity index is 1.95. The molecule has 3 aromatic rings. The highest BCUT2D eigenvalue weighted by Gasteiger charge is 2.24. The fraction of sp³-hybridized carbons (Fsp3) is 0.111. The van der Waals surface area contributed by atoms with Crippen molar-refractivity contribution in [3.8, 4) is 10.4 Å². The van der Waals surface area contributed by atoms with E-state index in [9.17, 15) is 19.7 Å². The lowest BCUT2D eigenvalue weighted by Crippen LogP contribution is -2.15. The summed E-state index contributed by atoms with van der Waals surface area (Å²) in [5.41, 5.74) is 0.912. The molecule has 0 aliphatic heterocycles. The Kier molecular flexibility index (Phi) is 5.63. The van der Waals surface area contributed by atoms with Crippen LogP contribution in [0.1, 0.15) is 27.6 Å². The molecule has 7 nitrogen and oxygen atoms in total. The van der Waals surface area contributed by atoms with Gasteiger partial charge in [0.15, 0.2) is 0 Å². The van der Waals surface area contributed by atoms with Crippen molar-refractivity contribution in [2.24, 2.45) is 0 Å². The molecule has 0 unspecified atom stereocenters. The van der Waals surface area contributed by atoms with Crippen LogP contribution in [0.5, 0.6) is 0 Å². The molecule has 138 valence electrons. The Hall–Kier alpha value is -3.04. The van der Waals surface area contributed by atoms with Gasteiger partial charge in [-0.2, -0.15) is 0 Å². The smallest absolute Gasteiger partial charge is 0.341 e. The number of anilines is 1. The first-order chi connectivity index (χ1) is 13.0. The highest BCUT2D eigenvalue weighted by atomic mass is 32.1. The molecule has 1 amide bonds. The van der Waals surface area contributed by atoms with Gasteiger partial charge in [0.1, 0.15) is 10.6 Å². The van der Waals surface area contributed by atoms with E-state index in [2.05, 4.69) is 5.32 Å². The molecule has 0 fully saturated rings. The van der Waals surface area contributed by atoms with E-state index in [1.54, 1.807) is 12.3 Å². The fourth-order valence-corrected chi connectivity index (χ4v) is 4.17. The third-order valence-electron chi connectivity index (χ3n) is 3.60.